The predicted molar refractivity (Wildman–Crippen MR) is 102 cm³/mol. The van der Waals surface area contributed by atoms with Gasteiger partial charge in [-0.2, -0.15) is 0 Å². The monoisotopic (exact) mass is 375 g/mol. The van der Waals surface area contributed by atoms with E-state index in [2.05, 4.69) is 22.1 Å². The van der Waals surface area contributed by atoms with Crippen molar-refractivity contribution in [3.05, 3.63) is 44.4 Å². The zero-order chi connectivity index (χ0) is 18.8. The molecule has 2 heterocycles. The van der Waals surface area contributed by atoms with E-state index in [4.69, 9.17) is 0 Å². The van der Waals surface area contributed by atoms with Gasteiger partial charge in [0.25, 0.3) is 11.6 Å². The van der Waals surface area contributed by atoms with Crippen LogP contribution in [0.25, 0.3) is 0 Å². The minimum atomic E-state index is -0.502. The highest BCUT2D eigenvalue weighted by Crippen LogP contribution is 2.30. The van der Waals surface area contributed by atoms with Crippen molar-refractivity contribution in [3.8, 4) is 0 Å². The summed E-state index contributed by atoms with van der Waals surface area (Å²) in [5.74, 6) is -0.393. The van der Waals surface area contributed by atoms with Crippen LogP contribution in [0.1, 0.15) is 27.9 Å². The molecule has 1 amide bonds. The summed E-state index contributed by atoms with van der Waals surface area (Å²) in [5.41, 5.74) is 1.79. The van der Waals surface area contributed by atoms with Gasteiger partial charge in [0.05, 0.1) is 16.2 Å². The highest BCUT2D eigenvalue weighted by molar-refractivity contribution is 7.15. The smallest absolute Gasteiger partial charge is 0.270 e. The van der Waals surface area contributed by atoms with Gasteiger partial charge in [0.2, 0.25) is 0 Å². The van der Waals surface area contributed by atoms with E-state index in [1.54, 1.807) is 25.1 Å². The largest absolute Gasteiger partial charge is 0.377 e. The topological polar surface area (TPSA) is 91.6 Å². The molecule has 0 saturated carbocycles. The van der Waals surface area contributed by atoms with Crippen molar-refractivity contribution in [1.82, 2.24) is 9.88 Å². The Kier molecular flexibility index (Phi) is 5.19. The van der Waals surface area contributed by atoms with Crippen LogP contribution in [-0.4, -0.2) is 47.9 Å². The number of aromatic nitrogens is 1. The van der Waals surface area contributed by atoms with Crippen molar-refractivity contribution in [2.45, 2.75) is 19.9 Å². The number of non-ortho nitro benzene ring substituents is 1. The number of rotatable bonds is 5. The minimum Gasteiger partial charge on any atom is -0.377 e. The fraction of sp³-hybridized carbons (Fsp3) is 0.412. The van der Waals surface area contributed by atoms with Crippen molar-refractivity contribution in [2.24, 2.45) is 0 Å². The lowest BCUT2D eigenvalue weighted by atomic mass is 10.1. The normalized spacial score (nSPS) is 14.0. The number of fused-ring (bicyclic) bond motifs is 1. The second kappa shape index (κ2) is 7.38. The molecule has 1 aliphatic heterocycles. The number of likely N-dealkylation sites (N-methyl/N-ethyl adjacent to an activating group) is 1. The number of thiazole rings is 1. The van der Waals surface area contributed by atoms with Crippen LogP contribution in [0, 0.1) is 10.1 Å². The van der Waals surface area contributed by atoms with Gasteiger partial charge in [-0.1, -0.05) is 6.92 Å². The molecule has 3 rings (SSSR count). The van der Waals surface area contributed by atoms with Gasteiger partial charge in [0.15, 0.2) is 5.13 Å². The summed E-state index contributed by atoms with van der Waals surface area (Å²) >= 11 is 1.47. The van der Waals surface area contributed by atoms with Crippen LogP contribution in [-0.2, 0) is 13.0 Å². The van der Waals surface area contributed by atoms with Gasteiger partial charge >= 0.3 is 0 Å². The first-order chi connectivity index (χ1) is 12.4. The fourth-order valence-corrected chi connectivity index (χ4v) is 3.99. The number of nitro groups is 1. The first-order valence-electron chi connectivity index (χ1n) is 8.37. The lowest BCUT2D eigenvalue weighted by molar-refractivity contribution is -0.384. The zero-order valence-electron chi connectivity index (χ0n) is 15.0. The van der Waals surface area contributed by atoms with Crippen LogP contribution < -0.4 is 10.2 Å². The molecule has 0 spiro atoms. The number of benzene rings is 1. The molecule has 0 saturated heterocycles. The molecule has 1 aromatic carbocycles. The number of carbonyl (C=O) groups is 1. The number of hydrogen-bond donors (Lipinski definition) is 1. The summed E-state index contributed by atoms with van der Waals surface area (Å²) in [7, 11) is 3.58. The molecular formula is C17H21N5O3S. The maximum absolute atomic E-state index is 12.7. The Bertz CT molecular complexity index is 849. The fourth-order valence-electron chi connectivity index (χ4n) is 2.95. The second-order valence-electron chi connectivity index (χ2n) is 6.31. The van der Waals surface area contributed by atoms with Crippen molar-refractivity contribution in [3.63, 3.8) is 0 Å². The number of amides is 1. The number of anilines is 2. The second-order valence-corrected chi connectivity index (χ2v) is 7.40. The number of nitrogens with zero attached hydrogens (tertiary/aromatic N) is 4. The lowest BCUT2D eigenvalue weighted by Gasteiger charge is -2.23. The molecule has 26 heavy (non-hydrogen) atoms. The quantitative estimate of drug-likeness (QED) is 0.638. The van der Waals surface area contributed by atoms with Crippen molar-refractivity contribution in [1.29, 1.82) is 0 Å². The van der Waals surface area contributed by atoms with E-state index in [9.17, 15) is 14.9 Å². The van der Waals surface area contributed by atoms with E-state index in [0.717, 1.165) is 31.7 Å². The van der Waals surface area contributed by atoms with E-state index >= 15 is 0 Å². The van der Waals surface area contributed by atoms with Gasteiger partial charge in [0, 0.05) is 56.3 Å². The van der Waals surface area contributed by atoms with Crippen molar-refractivity contribution in [2.75, 3.05) is 37.4 Å². The average molecular weight is 375 g/mol. The van der Waals surface area contributed by atoms with E-state index in [-0.39, 0.29) is 11.3 Å². The van der Waals surface area contributed by atoms with E-state index in [1.807, 2.05) is 0 Å². The molecule has 0 unspecified atom stereocenters. The zero-order valence-corrected chi connectivity index (χ0v) is 15.8. The standard InChI is InChI=1S/C17H21N5O3S/c1-4-21-8-7-13-15(10-21)26-17(18-13)19-16(23)12-9-11(22(24)25)5-6-14(12)20(2)3/h5-6,9H,4,7-8,10H2,1-3H3,(H,18,19,23). The molecule has 2 aromatic rings. The average Bonchev–Trinajstić information content (AvgIpc) is 3.01. The Balaban J connectivity index is 1.85. The minimum absolute atomic E-state index is 0.113. The van der Waals surface area contributed by atoms with Crippen LogP contribution >= 0.6 is 11.3 Å². The summed E-state index contributed by atoms with van der Waals surface area (Å²) in [6.45, 7) is 4.92. The summed E-state index contributed by atoms with van der Waals surface area (Å²) in [4.78, 5) is 33.1. The van der Waals surface area contributed by atoms with Gasteiger partial charge in [-0.15, -0.1) is 11.3 Å². The molecule has 0 bridgehead atoms. The molecular weight excluding hydrogens is 354 g/mol. The molecule has 138 valence electrons. The number of hydrogen-bond acceptors (Lipinski definition) is 7. The molecule has 1 aromatic heterocycles. The summed E-state index contributed by atoms with van der Waals surface area (Å²) < 4.78 is 0. The number of nitro benzene ring substituents is 1. The first-order valence-corrected chi connectivity index (χ1v) is 9.18. The van der Waals surface area contributed by atoms with E-state index in [1.165, 1.54) is 28.3 Å². The Labute approximate surface area is 155 Å². The maximum atomic E-state index is 12.7. The van der Waals surface area contributed by atoms with Gasteiger partial charge in [-0.25, -0.2) is 4.98 Å². The van der Waals surface area contributed by atoms with Crippen LogP contribution in [0.5, 0.6) is 0 Å². The predicted octanol–water partition coefficient (Wildman–Crippen LogP) is 2.75. The Hall–Kier alpha value is -2.52. The third-order valence-corrected chi connectivity index (χ3v) is 5.39. The summed E-state index contributed by atoms with van der Waals surface area (Å²) in [6, 6.07) is 4.28. The molecule has 9 heteroatoms. The van der Waals surface area contributed by atoms with Crippen LogP contribution in [0.15, 0.2) is 18.2 Å². The molecule has 0 fully saturated rings. The molecule has 0 radical (unpaired) electrons. The van der Waals surface area contributed by atoms with Gasteiger partial charge in [-0.05, 0) is 12.6 Å². The molecule has 8 nitrogen and oxygen atoms in total. The maximum Gasteiger partial charge on any atom is 0.270 e. The molecule has 0 aliphatic carbocycles. The molecule has 1 aliphatic rings. The van der Waals surface area contributed by atoms with Gasteiger partial charge in [0.1, 0.15) is 0 Å². The van der Waals surface area contributed by atoms with E-state index in [0.29, 0.717) is 10.8 Å². The first kappa shape index (κ1) is 18.3. The number of carbonyl (C=O) groups excluding carboxylic acids is 1. The highest BCUT2D eigenvalue weighted by atomic mass is 32.1. The van der Waals surface area contributed by atoms with Crippen molar-refractivity contribution >= 4 is 33.8 Å². The molecule has 1 N–H and O–H groups in total. The van der Waals surface area contributed by atoms with Crippen LogP contribution in [0.3, 0.4) is 0 Å². The van der Waals surface area contributed by atoms with Crippen molar-refractivity contribution < 1.29 is 9.72 Å². The third-order valence-electron chi connectivity index (χ3n) is 4.40. The molecule has 0 atom stereocenters. The Morgan fingerprint density at radius 1 is 1.46 bits per heavy atom. The Morgan fingerprint density at radius 3 is 2.88 bits per heavy atom. The summed E-state index contributed by atoms with van der Waals surface area (Å²) in [5, 5.41) is 14.4. The SMILES string of the molecule is CCN1CCc2nc(NC(=O)c3cc([N+](=O)[O-])ccc3N(C)C)sc2C1. The third kappa shape index (κ3) is 3.68. The number of nitrogens with one attached hydrogen (secondary N) is 1. The highest BCUT2D eigenvalue weighted by Gasteiger charge is 2.22. The summed E-state index contributed by atoms with van der Waals surface area (Å²) in [6.07, 6.45) is 0.870. The Morgan fingerprint density at radius 2 is 2.23 bits per heavy atom. The van der Waals surface area contributed by atoms with Crippen LogP contribution in [0.4, 0.5) is 16.5 Å². The van der Waals surface area contributed by atoms with Gasteiger partial charge < -0.3 is 4.90 Å². The lowest BCUT2D eigenvalue weighted by Crippen LogP contribution is -2.29. The van der Waals surface area contributed by atoms with Crippen LogP contribution in [0.2, 0.25) is 0 Å². The van der Waals surface area contributed by atoms with Gasteiger partial charge in [-0.3, -0.25) is 25.1 Å². The van der Waals surface area contributed by atoms with E-state index < -0.39 is 10.8 Å².